The summed E-state index contributed by atoms with van der Waals surface area (Å²) in [5, 5.41) is 9.02. The lowest BCUT2D eigenvalue weighted by molar-refractivity contribution is -0.145. The molecule has 1 unspecified atom stereocenters. The Bertz CT molecular complexity index is 431. The molecule has 0 spiro atoms. The summed E-state index contributed by atoms with van der Waals surface area (Å²) in [7, 11) is 0. The van der Waals surface area contributed by atoms with E-state index in [1.165, 1.54) is 6.07 Å². The maximum absolute atomic E-state index is 11.0. The molecule has 0 radical (unpaired) electrons. The third kappa shape index (κ3) is 4.08. The van der Waals surface area contributed by atoms with E-state index in [2.05, 4.69) is 0 Å². The number of carboxylic acids is 1. The van der Waals surface area contributed by atoms with Gasteiger partial charge in [-0.3, -0.25) is 4.79 Å². The molecule has 0 aliphatic carbocycles. The quantitative estimate of drug-likeness (QED) is 0.773. The Morgan fingerprint density at radius 1 is 1.44 bits per heavy atom. The number of unbranched alkanes of at least 4 members (excludes halogenated alkanes) is 1. The fraction of sp³-hybridized carbons (Fsp3) is 0.385. The van der Waals surface area contributed by atoms with Gasteiger partial charge in [-0.25, -0.2) is 4.79 Å². The predicted molar refractivity (Wildman–Crippen MR) is 66.5 cm³/mol. The number of carbonyl (C=O) groups is 2. The number of benzene rings is 1. The van der Waals surface area contributed by atoms with Gasteiger partial charge in [-0.15, -0.1) is 0 Å². The molecule has 0 saturated heterocycles. The first-order valence-corrected chi connectivity index (χ1v) is 5.84. The van der Waals surface area contributed by atoms with Crippen LogP contribution in [0.4, 0.5) is 0 Å². The molecule has 98 valence electrons. The number of carboxylic acid groups (broad SMARTS) is 1. The van der Waals surface area contributed by atoms with Crippen LogP contribution >= 0.6 is 0 Å². The van der Waals surface area contributed by atoms with Crippen molar-refractivity contribution < 1.29 is 19.4 Å². The van der Waals surface area contributed by atoms with Crippen LogP contribution in [-0.2, 0) is 4.79 Å². The summed E-state index contributed by atoms with van der Waals surface area (Å²) in [6, 6.07) is 6.21. The second kappa shape index (κ2) is 6.64. The van der Waals surface area contributed by atoms with Crippen LogP contribution < -0.4 is 10.5 Å². The number of hydrogen-bond donors (Lipinski definition) is 2. The van der Waals surface area contributed by atoms with E-state index < -0.39 is 18.0 Å². The van der Waals surface area contributed by atoms with Crippen LogP contribution in [0.25, 0.3) is 0 Å². The van der Waals surface area contributed by atoms with Crippen molar-refractivity contribution in [3.05, 3.63) is 29.8 Å². The average molecular weight is 251 g/mol. The van der Waals surface area contributed by atoms with E-state index in [0.717, 1.165) is 12.8 Å². The molecule has 1 rings (SSSR count). The van der Waals surface area contributed by atoms with Crippen molar-refractivity contribution in [1.82, 2.24) is 0 Å². The van der Waals surface area contributed by atoms with Gasteiger partial charge in [-0.1, -0.05) is 19.4 Å². The molecular formula is C13H17NO4. The Morgan fingerprint density at radius 2 is 2.17 bits per heavy atom. The summed E-state index contributed by atoms with van der Waals surface area (Å²) in [4.78, 5) is 22.0. The third-order valence-corrected chi connectivity index (χ3v) is 2.49. The Balaban J connectivity index is 2.77. The molecule has 1 atom stereocenters. The molecule has 0 aromatic heterocycles. The number of primary amides is 1. The second-order valence-electron chi connectivity index (χ2n) is 3.98. The predicted octanol–water partition coefficient (Wildman–Crippen LogP) is 1.81. The minimum absolute atomic E-state index is 0.298. The zero-order chi connectivity index (χ0) is 13.5. The molecule has 0 fully saturated rings. The van der Waals surface area contributed by atoms with E-state index >= 15 is 0 Å². The number of hydrogen-bond acceptors (Lipinski definition) is 3. The van der Waals surface area contributed by atoms with E-state index in [0.29, 0.717) is 17.7 Å². The summed E-state index contributed by atoms with van der Waals surface area (Å²) < 4.78 is 5.36. The fourth-order valence-electron chi connectivity index (χ4n) is 1.51. The highest BCUT2D eigenvalue weighted by atomic mass is 16.5. The molecule has 0 aliphatic heterocycles. The van der Waals surface area contributed by atoms with Crippen LogP contribution in [0.15, 0.2) is 24.3 Å². The van der Waals surface area contributed by atoms with Gasteiger partial charge in [0.05, 0.1) is 0 Å². The first-order chi connectivity index (χ1) is 8.54. The topological polar surface area (TPSA) is 89.6 Å². The van der Waals surface area contributed by atoms with Crippen molar-refractivity contribution >= 4 is 11.9 Å². The highest BCUT2D eigenvalue weighted by molar-refractivity contribution is 5.93. The van der Waals surface area contributed by atoms with Gasteiger partial charge in [0.2, 0.25) is 5.91 Å². The summed E-state index contributed by atoms with van der Waals surface area (Å²) in [6.07, 6.45) is 1.21. The summed E-state index contributed by atoms with van der Waals surface area (Å²) in [5.41, 5.74) is 5.44. The zero-order valence-corrected chi connectivity index (χ0v) is 10.3. The van der Waals surface area contributed by atoms with Crippen LogP contribution in [-0.4, -0.2) is 23.1 Å². The SMILES string of the molecule is CCCCC(Oc1cccc(C(N)=O)c1)C(=O)O. The minimum Gasteiger partial charge on any atom is -0.479 e. The molecule has 5 heteroatoms. The van der Waals surface area contributed by atoms with Gasteiger partial charge in [0.15, 0.2) is 6.10 Å². The van der Waals surface area contributed by atoms with E-state index in [4.69, 9.17) is 15.6 Å². The molecule has 0 heterocycles. The lowest BCUT2D eigenvalue weighted by atomic mass is 10.1. The first-order valence-electron chi connectivity index (χ1n) is 5.84. The molecule has 1 aromatic carbocycles. The van der Waals surface area contributed by atoms with E-state index in [1.54, 1.807) is 18.2 Å². The van der Waals surface area contributed by atoms with Crippen LogP contribution in [0.1, 0.15) is 36.5 Å². The van der Waals surface area contributed by atoms with Gasteiger partial charge < -0.3 is 15.6 Å². The molecule has 0 saturated carbocycles. The number of rotatable bonds is 7. The second-order valence-corrected chi connectivity index (χ2v) is 3.98. The lowest BCUT2D eigenvalue weighted by Crippen LogP contribution is -2.27. The van der Waals surface area contributed by atoms with Gasteiger partial charge in [-0.05, 0) is 31.0 Å². The Morgan fingerprint density at radius 3 is 2.72 bits per heavy atom. The van der Waals surface area contributed by atoms with Crippen molar-refractivity contribution in [2.75, 3.05) is 0 Å². The van der Waals surface area contributed by atoms with E-state index in [9.17, 15) is 9.59 Å². The Kier molecular flexibility index (Phi) is 5.17. The van der Waals surface area contributed by atoms with Crippen molar-refractivity contribution in [2.45, 2.75) is 32.3 Å². The molecule has 1 amide bonds. The summed E-state index contributed by atoms with van der Waals surface area (Å²) >= 11 is 0. The van der Waals surface area contributed by atoms with Crippen molar-refractivity contribution in [1.29, 1.82) is 0 Å². The molecule has 5 nitrogen and oxygen atoms in total. The zero-order valence-electron chi connectivity index (χ0n) is 10.3. The molecule has 0 bridgehead atoms. The monoisotopic (exact) mass is 251 g/mol. The average Bonchev–Trinajstić information content (AvgIpc) is 2.34. The number of carbonyl (C=O) groups excluding carboxylic acids is 1. The number of nitrogens with two attached hydrogens (primary N) is 1. The molecule has 0 aliphatic rings. The smallest absolute Gasteiger partial charge is 0.344 e. The lowest BCUT2D eigenvalue weighted by Gasteiger charge is -2.15. The van der Waals surface area contributed by atoms with Crippen LogP contribution in [0, 0.1) is 0 Å². The Hall–Kier alpha value is -2.04. The highest BCUT2D eigenvalue weighted by Crippen LogP contribution is 2.17. The fourth-order valence-corrected chi connectivity index (χ4v) is 1.51. The van der Waals surface area contributed by atoms with Crippen LogP contribution in [0.5, 0.6) is 5.75 Å². The van der Waals surface area contributed by atoms with Gasteiger partial charge in [0, 0.05) is 5.56 Å². The van der Waals surface area contributed by atoms with E-state index in [1.807, 2.05) is 6.92 Å². The Labute approximate surface area is 106 Å². The van der Waals surface area contributed by atoms with Crippen molar-refractivity contribution in [3.8, 4) is 5.75 Å². The molecule has 18 heavy (non-hydrogen) atoms. The third-order valence-electron chi connectivity index (χ3n) is 2.49. The normalized spacial score (nSPS) is 11.8. The van der Waals surface area contributed by atoms with Gasteiger partial charge >= 0.3 is 5.97 Å². The summed E-state index contributed by atoms with van der Waals surface area (Å²) in [6.45, 7) is 1.98. The largest absolute Gasteiger partial charge is 0.479 e. The molecule has 1 aromatic rings. The number of aliphatic carboxylic acids is 1. The van der Waals surface area contributed by atoms with Crippen LogP contribution in [0.3, 0.4) is 0 Å². The van der Waals surface area contributed by atoms with E-state index in [-0.39, 0.29) is 0 Å². The standard InChI is InChI=1S/C13H17NO4/c1-2-3-7-11(13(16)17)18-10-6-4-5-9(8-10)12(14)15/h4-6,8,11H,2-3,7H2,1H3,(H2,14,15)(H,16,17). The van der Waals surface area contributed by atoms with Crippen LogP contribution in [0.2, 0.25) is 0 Å². The van der Waals surface area contributed by atoms with Gasteiger partial charge in [0.1, 0.15) is 5.75 Å². The van der Waals surface area contributed by atoms with Gasteiger partial charge in [0.25, 0.3) is 0 Å². The van der Waals surface area contributed by atoms with Crippen molar-refractivity contribution in [2.24, 2.45) is 5.73 Å². The molecule has 3 N–H and O–H groups in total. The molecular weight excluding hydrogens is 234 g/mol. The highest BCUT2D eigenvalue weighted by Gasteiger charge is 2.18. The van der Waals surface area contributed by atoms with Gasteiger partial charge in [-0.2, -0.15) is 0 Å². The maximum Gasteiger partial charge on any atom is 0.344 e. The number of amides is 1. The maximum atomic E-state index is 11.0. The van der Waals surface area contributed by atoms with Crippen molar-refractivity contribution in [3.63, 3.8) is 0 Å². The number of ether oxygens (including phenoxy) is 1. The minimum atomic E-state index is -1.01. The first kappa shape index (κ1) is 14.0. The summed E-state index contributed by atoms with van der Waals surface area (Å²) in [5.74, 6) is -1.23.